The van der Waals surface area contributed by atoms with Gasteiger partial charge in [-0.2, -0.15) is 0 Å². The molecular weight excluding hydrogens is 236 g/mol. The standard InChI is InChI=1S/C12H28N2O2S/c1-3-5-10-14(11-6-4-2)17(15,16)12-8-7-9-13/h3-13H2,1-2H3. The Balaban J connectivity index is 4.30. The number of sulfonamides is 1. The van der Waals surface area contributed by atoms with Gasteiger partial charge in [-0.05, 0) is 32.2 Å². The first-order valence-corrected chi connectivity index (χ1v) is 8.37. The normalized spacial score (nSPS) is 12.2. The summed E-state index contributed by atoms with van der Waals surface area (Å²) in [6.07, 6.45) is 5.41. The van der Waals surface area contributed by atoms with Crippen molar-refractivity contribution < 1.29 is 8.42 Å². The predicted octanol–water partition coefficient (Wildman–Crippen LogP) is 1.96. The van der Waals surface area contributed by atoms with E-state index in [2.05, 4.69) is 13.8 Å². The molecule has 0 spiro atoms. The SMILES string of the molecule is CCCCN(CCCC)S(=O)(=O)CCCCN. The van der Waals surface area contributed by atoms with E-state index >= 15 is 0 Å². The van der Waals surface area contributed by atoms with Crippen molar-refractivity contribution in [2.24, 2.45) is 5.73 Å². The molecule has 0 unspecified atom stereocenters. The van der Waals surface area contributed by atoms with E-state index in [1.807, 2.05) is 0 Å². The van der Waals surface area contributed by atoms with Crippen LogP contribution in [-0.4, -0.2) is 38.1 Å². The third-order valence-electron chi connectivity index (χ3n) is 2.77. The number of nitrogens with zero attached hydrogens (tertiary/aromatic N) is 1. The predicted molar refractivity (Wildman–Crippen MR) is 73.5 cm³/mol. The second-order valence-corrected chi connectivity index (χ2v) is 6.51. The van der Waals surface area contributed by atoms with E-state index in [-0.39, 0.29) is 5.75 Å². The molecule has 0 saturated carbocycles. The summed E-state index contributed by atoms with van der Waals surface area (Å²) in [5.41, 5.74) is 5.39. The number of hydrogen-bond donors (Lipinski definition) is 1. The van der Waals surface area contributed by atoms with Crippen molar-refractivity contribution in [1.82, 2.24) is 4.31 Å². The Labute approximate surface area is 107 Å². The van der Waals surface area contributed by atoms with Crippen LogP contribution in [0.1, 0.15) is 52.4 Å². The average molecular weight is 264 g/mol. The summed E-state index contributed by atoms with van der Waals surface area (Å²) in [6.45, 7) is 6.07. The lowest BCUT2D eigenvalue weighted by Crippen LogP contribution is -2.35. The van der Waals surface area contributed by atoms with Crippen molar-refractivity contribution in [3.05, 3.63) is 0 Å². The molecular formula is C12H28N2O2S. The van der Waals surface area contributed by atoms with E-state index in [0.29, 0.717) is 26.1 Å². The van der Waals surface area contributed by atoms with Crippen LogP contribution in [0.5, 0.6) is 0 Å². The van der Waals surface area contributed by atoms with Gasteiger partial charge in [-0.1, -0.05) is 26.7 Å². The molecule has 4 nitrogen and oxygen atoms in total. The van der Waals surface area contributed by atoms with E-state index in [1.165, 1.54) is 0 Å². The van der Waals surface area contributed by atoms with E-state index in [4.69, 9.17) is 5.73 Å². The highest BCUT2D eigenvalue weighted by Gasteiger charge is 2.20. The first-order chi connectivity index (χ1) is 8.08. The Hall–Kier alpha value is -0.130. The molecule has 5 heteroatoms. The zero-order valence-corrected chi connectivity index (χ0v) is 12.1. The van der Waals surface area contributed by atoms with Crippen molar-refractivity contribution in [3.8, 4) is 0 Å². The summed E-state index contributed by atoms with van der Waals surface area (Å²) < 4.78 is 25.9. The number of hydrogen-bond acceptors (Lipinski definition) is 3. The third-order valence-corrected chi connectivity index (χ3v) is 4.73. The van der Waals surface area contributed by atoms with Gasteiger partial charge in [0, 0.05) is 13.1 Å². The summed E-state index contributed by atoms with van der Waals surface area (Å²) in [5.74, 6) is 0.248. The van der Waals surface area contributed by atoms with Gasteiger partial charge in [0.2, 0.25) is 10.0 Å². The van der Waals surface area contributed by atoms with Crippen molar-refractivity contribution in [1.29, 1.82) is 0 Å². The molecule has 0 rings (SSSR count). The maximum absolute atomic E-state index is 12.1. The van der Waals surface area contributed by atoms with E-state index in [1.54, 1.807) is 4.31 Å². The minimum Gasteiger partial charge on any atom is -0.330 e. The highest BCUT2D eigenvalue weighted by molar-refractivity contribution is 7.89. The van der Waals surface area contributed by atoms with Crippen molar-refractivity contribution in [3.63, 3.8) is 0 Å². The molecule has 0 aromatic carbocycles. The number of unbranched alkanes of at least 4 members (excludes halogenated alkanes) is 3. The monoisotopic (exact) mass is 264 g/mol. The van der Waals surface area contributed by atoms with Crippen LogP contribution in [0.4, 0.5) is 0 Å². The summed E-state index contributed by atoms with van der Waals surface area (Å²) in [6, 6.07) is 0. The minimum absolute atomic E-state index is 0.248. The minimum atomic E-state index is -3.06. The van der Waals surface area contributed by atoms with Gasteiger partial charge in [0.15, 0.2) is 0 Å². The Morgan fingerprint density at radius 2 is 1.47 bits per heavy atom. The molecule has 0 aromatic heterocycles. The Bertz CT molecular complexity index is 258. The molecule has 0 radical (unpaired) electrons. The summed E-state index contributed by atoms with van der Waals surface area (Å²) >= 11 is 0. The zero-order chi connectivity index (χ0) is 13.1. The van der Waals surface area contributed by atoms with Gasteiger partial charge < -0.3 is 5.73 Å². The second-order valence-electron chi connectivity index (χ2n) is 4.42. The summed E-state index contributed by atoms with van der Waals surface area (Å²) in [7, 11) is -3.06. The topological polar surface area (TPSA) is 63.4 Å². The molecule has 0 atom stereocenters. The van der Waals surface area contributed by atoms with Crippen LogP contribution in [0.15, 0.2) is 0 Å². The highest BCUT2D eigenvalue weighted by atomic mass is 32.2. The average Bonchev–Trinajstić information content (AvgIpc) is 2.29. The molecule has 104 valence electrons. The molecule has 0 aromatic rings. The largest absolute Gasteiger partial charge is 0.330 e. The Morgan fingerprint density at radius 3 is 1.88 bits per heavy atom. The second kappa shape index (κ2) is 9.85. The van der Waals surface area contributed by atoms with Gasteiger partial charge in [0.1, 0.15) is 0 Å². The smallest absolute Gasteiger partial charge is 0.214 e. The molecule has 0 bridgehead atoms. The fraction of sp³-hybridized carbons (Fsp3) is 1.00. The van der Waals surface area contributed by atoms with Gasteiger partial charge in [0.05, 0.1) is 5.75 Å². The molecule has 2 N–H and O–H groups in total. The number of nitrogens with two attached hydrogens (primary N) is 1. The van der Waals surface area contributed by atoms with Crippen LogP contribution in [0.25, 0.3) is 0 Å². The summed E-state index contributed by atoms with van der Waals surface area (Å²) in [4.78, 5) is 0. The maximum atomic E-state index is 12.1. The Morgan fingerprint density at radius 1 is 0.941 bits per heavy atom. The van der Waals surface area contributed by atoms with Crippen LogP contribution in [-0.2, 0) is 10.0 Å². The quantitative estimate of drug-likeness (QED) is 0.580. The van der Waals surface area contributed by atoms with Gasteiger partial charge in [-0.3, -0.25) is 0 Å². The molecule has 0 heterocycles. The maximum Gasteiger partial charge on any atom is 0.214 e. The van der Waals surface area contributed by atoms with Gasteiger partial charge in [0.25, 0.3) is 0 Å². The highest BCUT2D eigenvalue weighted by Crippen LogP contribution is 2.08. The van der Waals surface area contributed by atoms with Crippen molar-refractivity contribution in [2.45, 2.75) is 52.4 Å². The Kier molecular flexibility index (Phi) is 9.78. The molecule has 0 aliphatic rings. The number of rotatable bonds is 11. The van der Waals surface area contributed by atoms with Crippen LogP contribution in [0, 0.1) is 0 Å². The third kappa shape index (κ3) is 7.73. The van der Waals surface area contributed by atoms with Crippen molar-refractivity contribution >= 4 is 10.0 Å². The lowest BCUT2D eigenvalue weighted by atomic mass is 10.3. The zero-order valence-electron chi connectivity index (χ0n) is 11.3. The van der Waals surface area contributed by atoms with E-state index < -0.39 is 10.0 Å². The lowest BCUT2D eigenvalue weighted by molar-refractivity contribution is 0.394. The summed E-state index contributed by atoms with van der Waals surface area (Å²) in [5, 5.41) is 0. The van der Waals surface area contributed by atoms with Crippen LogP contribution in [0.2, 0.25) is 0 Å². The van der Waals surface area contributed by atoms with Gasteiger partial charge >= 0.3 is 0 Å². The molecule has 0 saturated heterocycles. The van der Waals surface area contributed by atoms with Gasteiger partial charge in [-0.25, -0.2) is 12.7 Å². The first kappa shape index (κ1) is 16.9. The lowest BCUT2D eigenvalue weighted by Gasteiger charge is -2.21. The van der Waals surface area contributed by atoms with Crippen LogP contribution < -0.4 is 5.73 Å². The molecule has 17 heavy (non-hydrogen) atoms. The van der Waals surface area contributed by atoms with Crippen LogP contribution in [0.3, 0.4) is 0 Å². The first-order valence-electron chi connectivity index (χ1n) is 6.76. The molecule has 0 aliphatic carbocycles. The fourth-order valence-corrected chi connectivity index (χ4v) is 3.26. The van der Waals surface area contributed by atoms with Gasteiger partial charge in [-0.15, -0.1) is 0 Å². The molecule has 0 amide bonds. The van der Waals surface area contributed by atoms with E-state index in [0.717, 1.165) is 32.1 Å². The van der Waals surface area contributed by atoms with Crippen LogP contribution >= 0.6 is 0 Å². The molecule has 0 fully saturated rings. The van der Waals surface area contributed by atoms with E-state index in [9.17, 15) is 8.42 Å². The fourth-order valence-electron chi connectivity index (χ4n) is 1.62. The molecule has 0 aliphatic heterocycles. The van der Waals surface area contributed by atoms with Crippen molar-refractivity contribution in [2.75, 3.05) is 25.4 Å².